The molecule has 30 heteroatoms. The summed E-state index contributed by atoms with van der Waals surface area (Å²) in [6.45, 7) is 27.5. The largest absolute Gasteiger partial charge is 0.370 e. The molecule has 4 amide bonds. The summed E-state index contributed by atoms with van der Waals surface area (Å²) in [6, 6.07) is 34.0. The van der Waals surface area contributed by atoms with Crippen molar-refractivity contribution in [3.05, 3.63) is 191 Å². The van der Waals surface area contributed by atoms with Gasteiger partial charge in [-0.1, -0.05) is 45.9 Å². The Hall–Kier alpha value is -13.0. The highest BCUT2D eigenvalue weighted by molar-refractivity contribution is 6.12. The molecule has 4 aliphatic rings. The number of piperidine rings is 2. The first-order valence-electron chi connectivity index (χ1n) is 42.4. The monoisotopic (exact) mass is 1660 g/mol. The number of carbonyl (C=O) groups excluding carboxylic acids is 4. The van der Waals surface area contributed by atoms with Crippen LogP contribution in [0.1, 0.15) is 114 Å². The molecule has 123 heavy (non-hydrogen) atoms. The van der Waals surface area contributed by atoms with Gasteiger partial charge in [0.15, 0.2) is 45.9 Å². The van der Waals surface area contributed by atoms with E-state index in [2.05, 4.69) is 138 Å². The van der Waals surface area contributed by atoms with Crippen LogP contribution < -0.4 is 40.9 Å². The van der Waals surface area contributed by atoms with Crippen molar-refractivity contribution < 1.29 is 36.7 Å². The number of pyridine rings is 8. The summed E-state index contributed by atoms with van der Waals surface area (Å²) in [5.74, 6) is -2.40. The molecule has 16 heterocycles. The molecule has 0 bridgehead atoms. The highest BCUT2D eigenvalue weighted by atomic mass is 19.2. The summed E-state index contributed by atoms with van der Waals surface area (Å²) in [7, 11) is 7.47. The maximum Gasteiger partial charge on any atom is 0.255 e. The minimum absolute atomic E-state index is 0.102. The van der Waals surface area contributed by atoms with E-state index in [1.165, 1.54) is 12.8 Å². The van der Waals surface area contributed by atoms with Gasteiger partial charge in [-0.15, -0.1) is 0 Å². The van der Waals surface area contributed by atoms with E-state index < -0.39 is 23.3 Å². The number of para-hydroxylation sites is 2. The quantitative estimate of drug-likeness (QED) is 0.0928. The van der Waals surface area contributed by atoms with Crippen LogP contribution in [0.15, 0.2) is 140 Å². The lowest BCUT2D eigenvalue weighted by Gasteiger charge is -2.37. The van der Waals surface area contributed by atoms with Gasteiger partial charge in [0.2, 0.25) is 0 Å². The number of rotatable bonds is 10. The van der Waals surface area contributed by atoms with Gasteiger partial charge in [-0.2, -0.15) is 0 Å². The first-order valence-corrected chi connectivity index (χ1v) is 42.4. The van der Waals surface area contributed by atoms with Gasteiger partial charge in [0.05, 0.1) is 66.4 Å². The Morgan fingerprint density at radius 3 is 1.08 bits per heavy atom. The third-order valence-electron chi connectivity index (χ3n) is 24.2. The number of aryl methyl sites for hydroxylation is 1. The number of hydrogen-bond donors (Lipinski definition) is 4. The molecule has 634 valence electrons. The van der Waals surface area contributed by atoms with E-state index in [0.29, 0.717) is 104 Å². The SMILES string of the molecule is CCNC(=O)c1cc2c(N3C[C@H](C)C[C@H](C)C3)ccnc2n2c1nc1cc(F)c(F)cc12.CCNC(=O)c1cc2c(N3C[C@H](C)C[C@H](C)C3)ccnc2n2c1nc1ccccc12.CNC(=O)c1cc2c(N3CCCN(C)CC3)ccnc2n2c1nc1cc(F)c(F)cc12.CNC(=O)c1cc2c(N3CCCN(C)CC3)ccnc2n2c1nc1ccc(C)cc12. The molecule has 12 aromatic heterocycles. The first kappa shape index (κ1) is 82.4. The molecular weight excluding hydrogens is 1570 g/mol. The average molecular weight is 1670 g/mol. The van der Waals surface area contributed by atoms with Crippen LogP contribution in [0.3, 0.4) is 0 Å². The fourth-order valence-electron chi connectivity index (χ4n) is 18.7. The van der Waals surface area contributed by atoms with Crippen molar-refractivity contribution >= 4 is 157 Å². The topological polar surface area (TPSA) is 257 Å². The molecule has 0 radical (unpaired) electrons. The summed E-state index contributed by atoms with van der Waals surface area (Å²) in [6.07, 6.45) is 11.7. The summed E-state index contributed by atoms with van der Waals surface area (Å²) in [4.78, 5) is 103. The number of amides is 4. The lowest BCUT2D eigenvalue weighted by Crippen LogP contribution is -2.38. The lowest BCUT2D eigenvalue weighted by atomic mass is 9.91. The van der Waals surface area contributed by atoms with Crippen molar-refractivity contribution in [2.75, 3.05) is 139 Å². The Kier molecular flexibility index (Phi) is 22.9. The highest BCUT2D eigenvalue weighted by Crippen LogP contribution is 2.40. The van der Waals surface area contributed by atoms with E-state index in [4.69, 9.17) is 19.9 Å². The molecule has 0 aliphatic carbocycles. The third-order valence-corrected chi connectivity index (χ3v) is 24.2. The predicted octanol–water partition coefficient (Wildman–Crippen LogP) is 14.5. The van der Waals surface area contributed by atoms with Crippen LogP contribution in [0.2, 0.25) is 0 Å². The molecule has 4 N–H and O–H groups in total. The molecule has 16 aromatic rings. The van der Waals surface area contributed by atoms with Gasteiger partial charge >= 0.3 is 0 Å². The van der Waals surface area contributed by atoms with E-state index >= 15 is 0 Å². The number of imidazole rings is 4. The Bertz CT molecular complexity index is 6850. The number of aromatic nitrogens is 12. The van der Waals surface area contributed by atoms with Crippen LogP contribution in [0.4, 0.5) is 40.3 Å². The van der Waals surface area contributed by atoms with Crippen LogP contribution >= 0.6 is 0 Å². The van der Waals surface area contributed by atoms with Crippen molar-refractivity contribution in [3.63, 3.8) is 0 Å². The molecule has 4 saturated heterocycles. The van der Waals surface area contributed by atoms with Crippen molar-refractivity contribution in [2.24, 2.45) is 23.7 Å². The second-order valence-corrected chi connectivity index (χ2v) is 33.4. The normalized spacial score (nSPS) is 17.6. The summed E-state index contributed by atoms with van der Waals surface area (Å²) < 4.78 is 63.4. The molecular formula is C93H100F4N22O4. The second kappa shape index (κ2) is 34.2. The van der Waals surface area contributed by atoms with Gasteiger partial charge in [0.1, 0.15) is 22.6 Å². The molecule has 0 spiro atoms. The number of hydrogen-bond acceptors (Lipinski definition) is 18. The molecule has 0 saturated carbocycles. The van der Waals surface area contributed by atoms with E-state index in [1.807, 2.05) is 95.7 Å². The first-order chi connectivity index (χ1) is 59.5. The number of benzene rings is 4. The lowest BCUT2D eigenvalue weighted by molar-refractivity contribution is 0.0948. The Morgan fingerprint density at radius 2 is 0.699 bits per heavy atom. The van der Waals surface area contributed by atoms with Crippen molar-refractivity contribution in [1.29, 1.82) is 0 Å². The Morgan fingerprint density at radius 1 is 0.366 bits per heavy atom. The van der Waals surface area contributed by atoms with E-state index in [1.54, 1.807) is 47.4 Å². The zero-order chi connectivity index (χ0) is 85.9. The number of likely N-dealkylation sites (N-methyl/N-ethyl adjacent to an activating group) is 2. The van der Waals surface area contributed by atoms with Crippen LogP contribution in [0, 0.1) is 53.9 Å². The predicted molar refractivity (Wildman–Crippen MR) is 478 cm³/mol. The van der Waals surface area contributed by atoms with E-state index in [0.717, 1.165) is 199 Å². The van der Waals surface area contributed by atoms with Gasteiger partial charge in [0.25, 0.3) is 23.6 Å². The van der Waals surface area contributed by atoms with Gasteiger partial charge in [-0.3, -0.25) is 36.8 Å². The van der Waals surface area contributed by atoms with E-state index in [-0.39, 0.29) is 34.7 Å². The zero-order valence-corrected chi connectivity index (χ0v) is 71.0. The molecule has 20 rings (SSSR count). The summed E-state index contributed by atoms with van der Waals surface area (Å²) in [5.41, 5.74) is 16.8. The summed E-state index contributed by atoms with van der Waals surface area (Å²) in [5, 5.41) is 14.7. The van der Waals surface area contributed by atoms with Crippen molar-refractivity contribution in [2.45, 2.75) is 74.1 Å². The maximum atomic E-state index is 14.2. The molecule has 4 atom stereocenters. The Balaban J connectivity index is 0.000000116. The minimum atomic E-state index is -0.982. The van der Waals surface area contributed by atoms with Gasteiger partial charge in [0, 0.05) is 186 Å². The number of carbonyl (C=O) groups is 4. The molecule has 26 nitrogen and oxygen atoms in total. The van der Waals surface area contributed by atoms with Crippen molar-refractivity contribution in [3.8, 4) is 0 Å². The van der Waals surface area contributed by atoms with Gasteiger partial charge < -0.3 is 50.7 Å². The molecule has 4 fully saturated rings. The number of halogens is 4. The summed E-state index contributed by atoms with van der Waals surface area (Å²) >= 11 is 0. The van der Waals surface area contributed by atoms with Crippen LogP contribution in [0.25, 0.3) is 111 Å². The standard InChI is InChI=1S/C24H25F2N5O.C24H27N5O.C23H26N6O.C22H22F2N6O/c1-4-27-24(32)16-8-15-20(30-11-13(2)7-14(3)12-30)5-6-28-22(15)31-21-10-18(26)17(25)9-19(21)29-23(16)31;1-4-25-24(30)18-12-17-20(28-13-15(2)11-16(3)14-28)9-10-26-22(17)29-21-8-6-5-7-19(21)27-23(18)29;1-15-5-6-18-20(13-15)29-21-16(14-17(22(29)26-18)23(30)24-2)19(7-8-25-21)28-10-4-9-27(3)11-12-28;1-25-22(31)14-10-13-18(29-7-3-6-28(2)8-9-29)4-5-26-20(13)30-19-12-16(24)15(23)11-17(19)27-21(14)30/h5-6,8-10,13-14H,4,7,11-12H2,1-3H3,(H,27,32);5-10,12,15-16H,4,11,13-14H2,1-3H3,(H,25,30);5-8,13-14H,4,9-12H2,1-3H3,(H,24,30);4-5,10-12H,3,6-9H2,1-2H3,(H,25,31)/t13-,14+;15-,16+;;. The molecule has 0 unspecified atom stereocenters. The third kappa shape index (κ3) is 15.6. The fraction of sp³-hybridized carbons (Fsp3) is 0.355. The average Bonchev–Trinajstić information content (AvgIpc) is 1.63. The number of anilines is 4. The van der Waals surface area contributed by atoms with Crippen LogP contribution in [-0.2, 0) is 0 Å². The molecule has 4 aliphatic heterocycles. The maximum absolute atomic E-state index is 14.2. The fourth-order valence-corrected chi connectivity index (χ4v) is 18.7. The van der Waals surface area contributed by atoms with Gasteiger partial charge in [-0.05, 0) is 176 Å². The number of nitrogens with zero attached hydrogens (tertiary/aromatic N) is 18. The highest BCUT2D eigenvalue weighted by Gasteiger charge is 2.31. The zero-order valence-electron chi connectivity index (χ0n) is 71.0. The molecule has 4 aromatic carbocycles. The smallest absolute Gasteiger partial charge is 0.255 e. The van der Waals surface area contributed by atoms with Crippen molar-refractivity contribution in [1.82, 2.24) is 88.5 Å². The van der Waals surface area contributed by atoms with Crippen LogP contribution in [-0.4, -0.2) is 211 Å². The van der Waals surface area contributed by atoms with Crippen LogP contribution in [0.5, 0.6) is 0 Å². The second-order valence-electron chi connectivity index (χ2n) is 33.4. The number of nitrogens with one attached hydrogen (secondary N) is 4. The van der Waals surface area contributed by atoms with Gasteiger partial charge in [-0.25, -0.2) is 57.4 Å². The number of fused-ring (bicyclic) bond motifs is 20. The van der Waals surface area contributed by atoms with E-state index in [9.17, 15) is 36.7 Å². The Labute approximate surface area is 707 Å². The minimum Gasteiger partial charge on any atom is -0.370 e.